The number of carbonyl (C=O) groups excluding carboxylic acids is 2. The standard InChI is InChI=1S/C20H31N3O4/c1-12(2)18(20(25)22-15-6-7-21-13(3)8-15)23-19(24)14-9-16(26-4)11-17(10-14)27-5/h9-13,15,18,21H,6-8H2,1-5H3,(H,22,25)(H,23,24). The van der Waals surface area contributed by atoms with E-state index in [1.54, 1.807) is 18.2 Å². The summed E-state index contributed by atoms with van der Waals surface area (Å²) in [6, 6.07) is 4.84. The van der Waals surface area contributed by atoms with Crippen LogP contribution in [0.4, 0.5) is 0 Å². The van der Waals surface area contributed by atoms with Crippen molar-refractivity contribution in [2.75, 3.05) is 20.8 Å². The third kappa shape index (κ3) is 5.85. The Kier molecular flexibility index (Phi) is 7.47. The van der Waals surface area contributed by atoms with E-state index in [1.165, 1.54) is 14.2 Å². The van der Waals surface area contributed by atoms with Gasteiger partial charge in [-0.05, 0) is 44.4 Å². The molecule has 3 N–H and O–H groups in total. The minimum absolute atomic E-state index is 0.0411. The van der Waals surface area contributed by atoms with Gasteiger partial charge in [0.2, 0.25) is 5.91 Å². The van der Waals surface area contributed by atoms with Crippen molar-refractivity contribution in [3.8, 4) is 11.5 Å². The molecule has 27 heavy (non-hydrogen) atoms. The predicted octanol–water partition coefficient (Wildman–Crippen LogP) is 1.71. The van der Waals surface area contributed by atoms with Crippen LogP contribution in [0.3, 0.4) is 0 Å². The van der Waals surface area contributed by atoms with E-state index in [9.17, 15) is 9.59 Å². The highest BCUT2D eigenvalue weighted by Gasteiger charge is 2.28. The number of hydrogen-bond donors (Lipinski definition) is 3. The first-order chi connectivity index (χ1) is 12.8. The molecule has 0 bridgehead atoms. The first-order valence-corrected chi connectivity index (χ1v) is 9.41. The fraction of sp³-hybridized carbons (Fsp3) is 0.600. The maximum atomic E-state index is 12.8. The molecule has 3 unspecified atom stereocenters. The van der Waals surface area contributed by atoms with Gasteiger partial charge >= 0.3 is 0 Å². The summed E-state index contributed by atoms with van der Waals surface area (Å²) in [5.74, 6) is 0.523. The van der Waals surface area contributed by atoms with Gasteiger partial charge in [-0.25, -0.2) is 0 Å². The van der Waals surface area contributed by atoms with E-state index in [-0.39, 0.29) is 23.8 Å². The van der Waals surface area contributed by atoms with Crippen LogP contribution in [-0.2, 0) is 4.79 Å². The lowest BCUT2D eigenvalue weighted by Gasteiger charge is -2.31. The maximum Gasteiger partial charge on any atom is 0.252 e. The Hall–Kier alpha value is -2.28. The Bertz CT molecular complexity index is 640. The zero-order valence-corrected chi connectivity index (χ0v) is 16.8. The number of benzene rings is 1. The molecule has 7 heteroatoms. The monoisotopic (exact) mass is 377 g/mol. The molecule has 1 saturated heterocycles. The molecule has 2 amide bonds. The summed E-state index contributed by atoms with van der Waals surface area (Å²) in [4.78, 5) is 25.5. The van der Waals surface area contributed by atoms with E-state index in [2.05, 4.69) is 22.9 Å². The average Bonchev–Trinajstić information content (AvgIpc) is 2.64. The van der Waals surface area contributed by atoms with Crippen molar-refractivity contribution in [2.24, 2.45) is 5.92 Å². The van der Waals surface area contributed by atoms with Crippen molar-refractivity contribution in [1.82, 2.24) is 16.0 Å². The maximum absolute atomic E-state index is 12.8. The van der Waals surface area contributed by atoms with E-state index < -0.39 is 6.04 Å². The summed E-state index contributed by atoms with van der Waals surface area (Å²) in [7, 11) is 3.06. The molecule has 1 fully saturated rings. The molecule has 2 rings (SSSR count). The first-order valence-electron chi connectivity index (χ1n) is 9.41. The van der Waals surface area contributed by atoms with E-state index in [0.29, 0.717) is 23.1 Å². The van der Waals surface area contributed by atoms with E-state index in [4.69, 9.17) is 9.47 Å². The molecule has 1 aliphatic heterocycles. The van der Waals surface area contributed by atoms with E-state index in [0.717, 1.165) is 19.4 Å². The second-order valence-corrected chi connectivity index (χ2v) is 7.38. The topological polar surface area (TPSA) is 88.7 Å². The van der Waals surface area contributed by atoms with Gasteiger partial charge in [-0.15, -0.1) is 0 Å². The van der Waals surface area contributed by atoms with Crippen molar-refractivity contribution in [3.05, 3.63) is 23.8 Å². The molecule has 7 nitrogen and oxygen atoms in total. The lowest BCUT2D eigenvalue weighted by molar-refractivity contribution is -0.124. The second kappa shape index (κ2) is 9.60. The molecule has 1 heterocycles. The van der Waals surface area contributed by atoms with Crippen molar-refractivity contribution >= 4 is 11.8 Å². The lowest BCUT2D eigenvalue weighted by Crippen LogP contribution is -2.54. The molecule has 0 aliphatic carbocycles. The molecule has 0 saturated carbocycles. The molecule has 0 aromatic heterocycles. The van der Waals surface area contributed by atoms with Crippen LogP contribution in [0.1, 0.15) is 44.0 Å². The van der Waals surface area contributed by atoms with Crippen LogP contribution in [0, 0.1) is 5.92 Å². The van der Waals surface area contributed by atoms with Gasteiger partial charge in [0.05, 0.1) is 14.2 Å². The molecular formula is C20H31N3O4. The van der Waals surface area contributed by atoms with Crippen LogP contribution in [0.25, 0.3) is 0 Å². The zero-order chi connectivity index (χ0) is 20.0. The first kappa shape index (κ1) is 21.0. The summed E-state index contributed by atoms with van der Waals surface area (Å²) in [6.07, 6.45) is 1.78. The molecule has 1 aromatic carbocycles. The van der Waals surface area contributed by atoms with Crippen LogP contribution in [0.2, 0.25) is 0 Å². The van der Waals surface area contributed by atoms with E-state index >= 15 is 0 Å². The fourth-order valence-corrected chi connectivity index (χ4v) is 3.25. The van der Waals surface area contributed by atoms with Crippen molar-refractivity contribution in [1.29, 1.82) is 0 Å². The zero-order valence-electron chi connectivity index (χ0n) is 16.8. The van der Waals surface area contributed by atoms with Gasteiger partial charge in [-0.1, -0.05) is 13.8 Å². The number of hydrogen-bond acceptors (Lipinski definition) is 5. The van der Waals surface area contributed by atoms with Crippen LogP contribution in [0.15, 0.2) is 18.2 Å². The van der Waals surface area contributed by atoms with Gasteiger partial charge in [-0.3, -0.25) is 9.59 Å². The van der Waals surface area contributed by atoms with Gasteiger partial charge in [-0.2, -0.15) is 0 Å². The molecule has 0 radical (unpaired) electrons. The highest BCUT2D eigenvalue weighted by atomic mass is 16.5. The number of rotatable bonds is 7. The Balaban J connectivity index is 2.08. The minimum atomic E-state index is -0.611. The molecule has 1 aliphatic rings. The minimum Gasteiger partial charge on any atom is -0.497 e. The van der Waals surface area contributed by atoms with Crippen LogP contribution < -0.4 is 25.4 Å². The molecule has 1 aromatic rings. The molecule has 3 atom stereocenters. The van der Waals surface area contributed by atoms with Crippen LogP contribution in [-0.4, -0.2) is 50.7 Å². The normalized spacial score (nSPS) is 20.7. The van der Waals surface area contributed by atoms with E-state index in [1.807, 2.05) is 13.8 Å². The third-order valence-electron chi connectivity index (χ3n) is 4.82. The highest BCUT2D eigenvalue weighted by Crippen LogP contribution is 2.22. The third-order valence-corrected chi connectivity index (χ3v) is 4.82. The van der Waals surface area contributed by atoms with Crippen molar-refractivity contribution in [2.45, 2.75) is 51.7 Å². The summed E-state index contributed by atoms with van der Waals surface area (Å²) >= 11 is 0. The summed E-state index contributed by atoms with van der Waals surface area (Å²) in [5, 5.41) is 9.32. The van der Waals surface area contributed by atoms with Gasteiger partial charge < -0.3 is 25.4 Å². The SMILES string of the molecule is COc1cc(OC)cc(C(=O)NC(C(=O)NC2CCNC(C)C2)C(C)C)c1. The van der Waals surface area contributed by atoms with Crippen molar-refractivity contribution < 1.29 is 19.1 Å². The van der Waals surface area contributed by atoms with Gasteiger partial charge in [0, 0.05) is 23.7 Å². The number of piperidine rings is 1. The number of carbonyl (C=O) groups is 2. The Morgan fingerprint density at radius 3 is 2.30 bits per heavy atom. The average molecular weight is 377 g/mol. The highest BCUT2D eigenvalue weighted by molar-refractivity contribution is 5.98. The smallest absolute Gasteiger partial charge is 0.252 e. The fourth-order valence-electron chi connectivity index (χ4n) is 3.25. The Labute approximate surface area is 161 Å². The Morgan fingerprint density at radius 1 is 1.15 bits per heavy atom. The van der Waals surface area contributed by atoms with Crippen molar-refractivity contribution in [3.63, 3.8) is 0 Å². The summed E-state index contributed by atoms with van der Waals surface area (Å²) in [6.45, 7) is 6.83. The molecule has 150 valence electrons. The quantitative estimate of drug-likeness (QED) is 0.673. The number of amides is 2. The van der Waals surface area contributed by atoms with Crippen LogP contribution in [0.5, 0.6) is 11.5 Å². The number of nitrogens with one attached hydrogen (secondary N) is 3. The van der Waals surface area contributed by atoms with Gasteiger partial charge in [0.25, 0.3) is 5.91 Å². The lowest BCUT2D eigenvalue weighted by atomic mass is 9.98. The molecular weight excluding hydrogens is 346 g/mol. The predicted molar refractivity (Wildman–Crippen MR) is 104 cm³/mol. The Morgan fingerprint density at radius 2 is 1.78 bits per heavy atom. The largest absolute Gasteiger partial charge is 0.497 e. The van der Waals surface area contributed by atoms with Crippen LogP contribution >= 0.6 is 0 Å². The van der Waals surface area contributed by atoms with Gasteiger partial charge in [0.15, 0.2) is 0 Å². The summed E-state index contributed by atoms with van der Waals surface area (Å²) in [5.41, 5.74) is 0.389. The number of methoxy groups -OCH3 is 2. The van der Waals surface area contributed by atoms with Gasteiger partial charge in [0.1, 0.15) is 17.5 Å². The molecule has 0 spiro atoms. The number of ether oxygens (including phenoxy) is 2. The second-order valence-electron chi connectivity index (χ2n) is 7.38. The summed E-state index contributed by atoms with van der Waals surface area (Å²) < 4.78 is 10.4.